The number of aromatic nitrogens is 4. The van der Waals surface area contributed by atoms with Gasteiger partial charge in [-0.1, -0.05) is 13.8 Å². The van der Waals surface area contributed by atoms with Gasteiger partial charge in [-0.25, -0.2) is 13.8 Å². The van der Waals surface area contributed by atoms with Gasteiger partial charge in [0.1, 0.15) is 11.6 Å². The van der Waals surface area contributed by atoms with Gasteiger partial charge in [0.15, 0.2) is 0 Å². The van der Waals surface area contributed by atoms with E-state index < -0.39 is 17.5 Å². The number of fused-ring (bicyclic) bond motifs is 1. The van der Waals surface area contributed by atoms with Crippen LogP contribution in [0.4, 0.5) is 20.4 Å². The standard InChI is InChI=1S/C29H33F2N7O/c1-15(2)35-28(39)21-6-7-22(30)26(27(21)31)24-8-5-19-13-34-29(38(19)37-24)36-25-14-33-10-9-20(25)18-11-16(3)17(4)23(32)12-18/h5-10,13-18,23H,11-12,32H2,1-4H3,(H,34,36)(H,35,39). The lowest BCUT2D eigenvalue weighted by atomic mass is 9.71. The van der Waals surface area contributed by atoms with Crippen LogP contribution in [-0.2, 0) is 0 Å². The lowest BCUT2D eigenvalue weighted by molar-refractivity contribution is 0.0939. The Kier molecular flexibility index (Phi) is 7.31. The third kappa shape index (κ3) is 5.21. The van der Waals surface area contributed by atoms with Crippen LogP contribution in [0.2, 0.25) is 0 Å². The number of pyridine rings is 1. The number of nitrogens with one attached hydrogen (secondary N) is 2. The van der Waals surface area contributed by atoms with E-state index in [0.717, 1.165) is 36.2 Å². The van der Waals surface area contributed by atoms with E-state index in [4.69, 9.17) is 5.73 Å². The number of halogens is 2. The number of carbonyl (C=O) groups excluding carboxylic acids is 1. The van der Waals surface area contributed by atoms with Crippen LogP contribution < -0.4 is 16.4 Å². The van der Waals surface area contributed by atoms with Crippen molar-refractivity contribution in [2.45, 2.75) is 58.5 Å². The Morgan fingerprint density at radius 2 is 1.90 bits per heavy atom. The van der Waals surface area contributed by atoms with E-state index in [1.807, 2.05) is 6.07 Å². The number of benzene rings is 1. The minimum Gasteiger partial charge on any atom is -0.350 e. The maximum atomic E-state index is 15.4. The van der Waals surface area contributed by atoms with Crippen LogP contribution in [0.1, 0.15) is 62.4 Å². The van der Waals surface area contributed by atoms with E-state index in [1.54, 1.807) is 38.5 Å². The van der Waals surface area contributed by atoms with Crippen LogP contribution in [0.25, 0.3) is 16.8 Å². The van der Waals surface area contributed by atoms with Gasteiger partial charge in [0.05, 0.1) is 40.4 Å². The molecule has 1 aliphatic carbocycles. The summed E-state index contributed by atoms with van der Waals surface area (Å²) in [7, 11) is 0. The predicted molar refractivity (Wildman–Crippen MR) is 147 cm³/mol. The monoisotopic (exact) mass is 533 g/mol. The van der Waals surface area contributed by atoms with Gasteiger partial charge in [-0.05, 0) is 80.3 Å². The maximum absolute atomic E-state index is 15.4. The van der Waals surface area contributed by atoms with Crippen molar-refractivity contribution in [3.63, 3.8) is 0 Å². The van der Waals surface area contributed by atoms with Crippen molar-refractivity contribution >= 4 is 23.1 Å². The third-order valence-electron chi connectivity index (χ3n) is 7.72. The lowest BCUT2D eigenvalue weighted by Crippen LogP contribution is -2.39. The summed E-state index contributed by atoms with van der Waals surface area (Å²) in [5.74, 6) is -0.840. The van der Waals surface area contributed by atoms with Crippen LogP contribution in [-0.4, -0.2) is 37.6 Å². The highest BCUT2D eigenvalue weighted by atomic mass is 19.1. The zero-order chi connectivity index (χ0) is 27.8. The second kappa shape index (κ2) is 10.7. The van der Waals surface area contributed by atoms with Gasteiger partial charge < -0.3 is 16.4 Å². The van der Waals surface area contributed by atoms with Gasteiger partial charge in [0, 0.05) is 18.3 Å². The van der Waals surface area contributed by atoms with Crippen LogP contribution in [0, 0.1) is 23.5 Å². The Bertz CT molecular complexity index is 1510. The van der Waals surface area contributed by atoms with Gasteiger partial charge in [0.25, 0.3) is 5.91 Å². The normalized spacial score (nSPS) is 21.3. The molecular formula is C29H33F2N7O. The summed E-state index contributed by atoms with van der Waals surface area (Å²) in [5.41, 5.74) is 8.36. The maximum Gasteiger partial charge on any atom is 0.254 e. The molecule has 5 rings (SSSR count). The number of amides is 1. The molecule has 0 radical (unpaired) electrons. The SMILES string of the molecule is CC(C)NC(=O)c1ccc(F)c(-c2ccc3cnc(Nc4cnccc4C4CC(C)C(C)C(N)C4)n3n2)c1F. The number of nitrogens with two attached hydrogens (primary N) is 1. The molecule has 204 valence electrons. The zero-order valence-corrected chi connectivity index (χ0v) is 22.5. The van der Waals surface area contributed by atoms with Crippen molar-refractivity contribution in [3.05, 3.63) is 71.7 Å². The summed E-state index contributed by atoms with van der Waals surface area (Å²) < 4.78 is 31.8. The topological polar surface area (TPSA) is 110 Å². The van der Waals surface area contributed by atoms with Crippen LogP contribution in [0.15, 0.2) is 48.9 Å². The lowest BCUT2D eigenvalue weighted by Gasteiger charge is -2.37. The quantitative estimate of drug-likeness (QED) is 0.305. The first-order valence-electron chi connectivity index (χ1n) is 13.2. The van der Waals surface area contributed by atoms with E-state index in [2.05, 4.69) is 39.5 Å². The average molecular weight is 534 g/mol. The molecule has 39 heavy (non-hydrogen) atoms. The Morgan fingerprint density at radius 1 is 1.10 bits per heavy atom. The zero-order valence-electron chi connectivity index (χ0n) is 22.5. The molecule has 1 aliphatic rings. The summed E-state index contributed by atoms with van der Waals surface area (Å²) in [6.07, 6.45) is 7.01. The van der Waals surface area contributed by atoms with E-state index >= 15 is 4.39 Å². The van der Waals surface area contributed by atoms with Gasteiger partial charge in [-0.15, -0.1) is 0 Å². The fourth-order valence-electron chi connectivity index (χ4n) is 5.37. The number of anilines is 2. The molecule has 3 heterocycles. The summed E-state index contributed by atoms with van der Waals surface area (Å²) in [4.78, 5) is 21.2. The molecule has 4 aromatic rings. The number of rotatable bonds is 6. The molecule has 1 fully saturated rings. The van der Waals surface area contributed by atoms with E-state index in [0.29, 0.717) is 23.3 Å². The Balaban J connectivity index is 1.51. The minimum atomic E-state index is -0.971. The molecule has 3 aromatic heterocycles. The minimum absolute atomic E-state index is 0.0326. The number of hydrogen-bond donors (Lipinski definition) is 3. The number of carbonyl (C=O) groups is 1. The largest absolute Gasteiger partial charge is 0.350 e. The molecule has 8 nitrogen and oxygen atoms in total. The Hall–Kier alpha value is -3.92. The number of imidazole rings is 1. The van der Waals surface area contributed by atoms with Crippen LogP contribution in [0.3, 0.4) is 0 Å². The highest BCUT2D eigenvalue weighted by Gasteiger charge is 2.32. The molecule has 4 atom stereocenters. The van der Waals surface area contributed by atoms with Crippen molar-refractivity contribution in [2.75, 3.05) is 5.32 Å². The van der Waals surface area contributed by atoms with E-state index in [9.17, 15) is 9.18 Å². The Morgan fingerprint density at radius 3 is 2.64 bits per heavy atom. The fourth-order valence-corrected chi connectivity index (χ4v) is 5.37. The van der Waals surface area contributed by atoms with Crippen molar-refractivity contribution in [1.29, 1.82) is 0 Å². The Labute approximate surface area is 226 Å². The number of hydrogen-bond acceptors (Lipinski definition) is 6. The first kappa shape index (κ1) is 26.7. The summed E-state index contributed by atoms with van der Waals surface area (Å²) in [6.45, 7) is 7.97. The van der Waals surface area contributed by atoms with Crippen LogP contribution in [0.5, 0.6) is 0 Å². The van der Waals surface area contributed by atoms with Crippen molar-refractivity contribution in [3.8, 4) is 11.3 Å². The average Bonchev–Trinajstić information content (AvgIpc) is 3.29. The van der Waals surface area contributed by atoms with Gasteiger partial charge in [-0.3, -0.25) is 9.78 Å². The fraction of sp³-hybridized carbons (Fsp3) is 0.379. The molecule has 0 saturated heterocycles. The number of nitrogens with zero attached hydrogens (tertiary/aromatic N) is 4. The highest BCUT2D eigenvalue weighted by molar-refractivity contribution is 5.96. The third-order valence-corrected chi connectivity index (χ3v) is 7.72. The molecule has 4 N–H and O–H groups in total. The van der Waals surface area contributed by atoms with Gasteiger partial charge in [0.2, 0.25) is 5.95 Å². The van der Waals surface area contributed by atoms with Crippen LogP contribution >= 0.6 is 0 Å². The molecule has 1 amide bonds. The van der Waals surface area contributed by atoms with E-state index in [-0.39, 0.29) is 34.8 Å². The first-order chi connectivity index (χ1) is 18.6. The molecule has 0 spiro atoms. The van der Waals surface area contributed by atoms with Gasteiger partial charge in [-0.2, -0.15) is 9.61 Å². The summed E-state index contributed by atoms with van der Waals surface area (Å²) in [6, 6.07) is 7.30. The molecule has 0 bridgehead atoms. The molecule has 1 saturated carbocycles. The van der Waals surface area contributed by atoms with Gasteiger partial charge >= 0.3 is 0 Å². The van der Waals surface area contributed by atoms with Crippen molar-refractivity contribution < 1.29 is 13.6 Å². The smallest absolute Gasteiger partial charge is 0.254 e. The van der Waals surface area contributed by atoms with E-state index in [1.165, 1.54) is 10.6 Å². The van der Waals surface area contributed by atoms with Crippen molar-refractivity contribution in [1.82, 2.24) is 24.9 Å². The summed E-state index contributed by atoms with van der Waals surface area (Å²) >= 11 is 0. The molecule has 1 aromatic carbocycles. The molecule has 10 heteroatoms. The molecule has 0 aliphatic heterocycles. The summed E-state index contributed by atoms with van der Waals surface area (Å²) in [5, 5.41) is 10.5. The predicted octanol–water partition coefficient (Wildman–Crippen LogP) is 5.43. The second-order valence-corrected chi connectivity index (χ2v) is 10.8. The second-order valence-electron chi connectivity index (χ2n) is 10.8. The molecular weight excluding hydrogens is 500 g/mol. The first-order valence-corrected chi connectivity index (χ1v) is 13.2. The highest BCUT2D eigenvalue weighted by Crippen LogP contribution is 2.41. The van der Waals surface area contributed by atoms with Crippen molar-refractivity contribution in [2.24, 2.45) is 17.6 Å². The molecule has 4 unspecified atom stereocenters.